The average molecular weight is 469 g/mol. The van der Waals surface area contributed by atoms with Gasteiger partial charge >= 0.3 is 0 Å². The molecule has 0 radical (unpaired) electrons. The van der Waals surface area contributed by atoms with Crippen molar-refractivity contribution >= 4 is 0 Å². The fourth-order valence-corrected chi connectivity index (χ4v) is 1.32. The Morgan fingerprint density at radius 2 is 1.15 bits per heavy atom. The zero-order valence-corrected chi connectivity index (χ0v) is 21.7. The van der Waals surface area contributed by atoms with Gasteiger partial charge in [-0.2, -0.15) is 0 Å². The fraction of sp³-hybridized carbons (Fsp3) is 0.478. The molecule has 0 spiro atoms. The van der Waals surface area contributed by atoms with Crippen molar-refractivity contribution in [2.75, 3.05) is 76.6 Å². The van der Waals surface area contributed by atoms with E-state index in [1.54, 1.807) is 64.4 Å². The van der Waals surface area contributed by atoms with E-state index in [0.29, 0.717) is 13.2 Å². The second-order valence-electron chi connectivity index (χ2n) is 6.96. The van der Waals surface area contributed by atoms with Crippen LogP contribution >= 0.6 is 0 Å². The molecule has 0 aromatic heterocycles. The summed E-state index contributed by atoms with van der Waals surface area (Å²) >= 11 is 0. The fourth-order valence-electron chi connectivity index (χ4n) is 1.32. The highest BCUT2D eigenvalue weighted by Gasteiger charge is 1.80. The summed E-state index contributed by atoms with van der Waals surface area (Å²) in [6.45, 7) is 1.11. The highest BCUT2D eigenvalue weighted by atomic mass is 16.5. The summed E-state index contributed by atoms with van der Waals surface area (Å²) in [5.41, 5.74) is 0.945. The van der Waals surface area contributed by atoms with Gasteiger partial charge in [0, 0.05) is 55.0 Å². The van der Waals surface area contributed by atoms with Gasteiger partial charge in [-0.3, -0.25) is 19.9 Å². The molecule has 0 aliphatic carbocycles. The van der Waals surface area contributed by atoms with Crippen LogP contribution in [0.25, 0.3) is 0 Å². The van der Waals surface area contributed by atoms with Crippen LogP contribution in [0, 0.1) is 35.9 Å². The lowest BCUT2D eigenvalue weighted by Crippen LogP contribution is -2.10. The summed E-state index contributed by atoms with van der Waals surface area (Å²) in [7, 11) is 16.3. The number of benzene rings is 1. The van der Waals surface area contributed by atoms with Gasteiger partial charge in [0.2, 0.25) is 0 Å². The molecule has 1 aromatic carbocycles. The third kappa shape index (κ3) is 30.2. The molecule has 0 saturated heterocycles. The Bertz CT molecular complexity index is 890. The molecule has 1 rings (SSSR count). The third-order valence-corrected chi connectivity index (χ3v) is 2.56. The summed E-state index contributed by atoms with van der Waals surface area (Å²) in [6, 6.07) is 17.3. The molecule has 0 N–H and O–H groups in total. The van der Waals surface area contributed by atoms with Crippen LogP contribution in [0.1, 0.15) is 5.56 Å². The predicted molar refractivity (Wildman–Crippen MR) is 135 cm³/mol. The van der Waals surface area contributed by atoms with Gasteiger partial charge in [0.1, 0.15) is 6.61 Å². The molecule has 0 aliphatic rings. The van der Waals surface area contributed by atoms with Gasteiger partial charge in [-0.1, -0.05) is 55.1 Å². The van der Waals surface area contributed by atoms with E-state index < -0.39 is 0 Å². The maximum Gasteiger partial charge on any atom is 0.109 e. The van der Waals surface area contributed by atoms with Crippen LogP contribution in [0.2, 0.25) is 0 Å². The van der Waals surface area contributed by atoms with Crippen molar-refractivity contribution in [3.63, 3.8) is 0 Å². The molecule has 11 nitrogen and oxygen atoms in total. The largest absolute Gasteiger partial charge is 0.372 e. The first kappa shape index (κ1) is 32.2. The molecule has 0 unspecified atom stereocenters. The quantitative estimate of drug-likeness (QED) is 0.376. The van der Waals surface area contributed by atoms with E-state index in [1.165, 1.54) is 0 Å². The van der Waals surface area contributed by atoms with Crippen LogP contribution in [-0.4, -0.2) is 96.6 Å². The van der Waals surface area contributed by atoms with Gasteiger partial charge in [0.25, 0.3) is 0 Å². The highest BCUT2D eigenvalue weighted by molar-refractivity contribution is 5.32. The minimum absolute atomic E-state index is 0.395. The van der Waals surface area contributed by atoms with Gasteiger partial charge in [-0.25, -0.2) is 0 Å². The first-order chi connectivity index (χ1) is 16.2. The molecule has 34 heavy (non-hydrogen) atoms. The van der Waals surface area contributed by atoms with Crippen LogP contribution in [0.5, 0.6) is 0 Å². The smallest absolute Gasteiger partial charge is 0.109 e. The molecule has 0 atom stereocenters. The van der Waals surface area contributed by atoms with Crippen molar-refractivity contribution in [1.82, 2.24) is 19.9 Å². The zero-order chi connectivity index (χ0) is 26.0. The van der Waals surface area contributed by atoms with E-state index in [4.69, 9.17) is 0 Å². The molecule has 0 saturated carbocycles. The zero-order valence-electron chi connectivity index (χ0n) is 21.7. The van der Waals surface area contributed by atoms with E-state index >= 15 is 0 Å². The topological polar surface area (TPSA) is 96.3 Å². The summed E-state index contributed by atoms with van der Waals surface area (Å²) in [4.78, 5) is 1.97. The van der Waals surface area contributed by atoms with E-state index in [2.05, 4.69) is 71.6 Å². The van der Waals surface area contributed by atoms with E-state index in [0.717, 1.165) is 5.56 Å². The maximum atomic E-state index is 4.66. The number of hydrogen-bond donors (Lipinski definition) is 0. The van der Waals surface area contributed by atoms with Crippen LogP contribution in [0.3, 0.4) is 0 Å². The second-order valence-corrected chi connectivity index (χ2v) is 6.96. The summed E-state index contributed by atoms with van der Waals surface area (Å²) < 4.78 is 4.66. The van der Waals surface area contributed by atoms with Crippen molar-refractivity contribution < 1.29 is 4.74 Å². The molecule has 0 aliphatic heterocycles. The molecule has 184 valence electrons. The van der Waals surface area contributed by atoms with Gasteiger partial charge in [-0.15, -0.1) is 0 Å². The number of nitrogens with zero attached hydrogens (tertiary/aromatic N) is 10. The Hall–Kier alpha value is -3.98. The number of ether oxygens (including phenoxy) is 1. The molecule has 0 heterocycles. The predicted octanol–water partition coefficient (Wildman–Crippen LogP) is 2.88. The molecular formula is C23H36N10O. The van der Waals surface area contributed by atoms with Crippen LogP contribution < -0.4 is 0 Å². The molecule has 0 bridgehead atoms. The van der Waals surface area contributed by atoms with E-state index in [1.807, 2.05) is 49.3 Å². The summed E-state index contributed by atoms with van der Waals surface area (Å²) in [5.74, 6) is 8.32. The van der Waals surface area contributed by atoms with Gasteiger partial charge < -0.3 is 4.74 Å². The lowest BCUT2D eigenvalue weighted by Gasteiger charge is -2.00. The van der Waals surface area contributed by atoms with Gasteiger partial charge in [0.05, 0.1) is 24.7 Å². The Morgan fingerprint density at radius 1 is 0.676 bits per heavy atom. The number of hydrogen-bond acceptors (Lipinski definition) is 8. The lowest BCUT2D eigenvalue weighted by atomic mass is 10.2. The molecule has 1 aromatic rings. The van der Waals surface area contributed by atoms with Crippen molar-refractivity contribution in [2.24, 2.45) is 31.0 Å². The SMILES string of the molecule is CN(C)CC#CN=NN(C)C.CN(C)N=NC#Cc1ccccc1.COCC#CN=NN(C)C. The Balaban J connectivity index is 0. The lowest BCUT2D eigenvalue weighted by molar-refractivity contribution is 0.239. The third-order valence-electron chi connectivity index (χ3n) is 2.56. The average Bonchev–Trinajstić information content (AvgIpc) is 2.77. The normalized spacial score (nSPS) is 9.47. The minimum Gasteiger partial charge on any atom is -0.372 e. The van der Waals surface area contributed by atoms with Crippen molar-refractivity contribution in [3.8, 4) is 35.9 Å². The molecular weight excluding hydrogens is 432 g/mol. The minimum atomic E-state index is 0.395. The van der Waals surface area contributed by atoms with Gasteiger partial charge in [-0.05, 0) is 38.1 Å². The second kappa shape index (κ2) is 23.7. The van der Waals surface area contributed by atoms with Crippen molar-refractivity contribution in [2.45, 2.75) is 0 Å². The van der Waals surface area contributed by atoms with Crippen molar-refractivity contribution in [1.29, 1.82) is 0 Å². The monoisotopic (exact) mass is 468 g/mol. The van der Waals surface area contributed by atoms with Crippen molar-refractivity contribution in [3.05, 3.63) is 35.9 Å². The van der Waals surface area contributed by atoms with Gasteiger partial charge in [0.15, 0.2) is 0 Å². The van der Waals surface area contributed by atoms with Crippen LogP contribution in [-0.2, 0) is 4.74 Å². The Labute approximate surface area is 204 Å². The standard InChI is InChI=1S/C10H11N3.C7H14N4.C6H11N3O/c1-13(2)12-11-9-8-10-6-4-3-5-7-10;1-10(2)7-5-6-8-9-11(3)4;1-9(2)8-7-5-4-6-10-3/h3-7H,1-2H3;7H2,1-4H3;6H2,1-3H3. The van der Waals surface area contributed by atoms with Crippen LogP contribution in [0.4, 0.5) is 0 Å². The molecule has 11 heteroatoms. The molecule has 0 fully saturated rings. The first-order valence-electron chi connectivity index (χ1n) is 10.1. The Morgan fingerprint density at radius 3 is 1.59 bits per heavy atom. The molecule has 0 amide bonds. The summed E-state index contributed by atoms with van der Waals surface area (Å²) in [5, 5.41) is 26.6. The van der Waals surface area contributed by atoms with E-state index in [9.17, 15) is 0 Å². The summed E-state index contributed by atoms with van der Waals surface area (Å²) in [6.07, 6.45) is 0. The Kier molecular flexibility index (Phi) is 22.4. The van der Waals surface area contributed by atoms with E-state index in [-0.39, 0.29) is 0 Å². The highest BCUT2D eigenvalue weighted by Crippen LogP contribution is 1.94. The van der Waals surface area contributed by atoms with Crippen LogP contribution in [0.15, 0.2) is 61.3 Å². The maximum absolute atomic E-state index is 4.66. The number of methoxy groups -OCH3 is 1. The first-order valence-corrected chi connectivity index (χ1v) is 10.1. The number of rotatable bonds is 5.